The molecule has 0 saturated carbocycles. The number of hydrazone groups is 1. The Labute approximate surface area is 244 Å². The molecule has 0 spiro atoms. The largest absolute Gasteiger partial charge is 0.493 e. The van der Waals surface area contributed by atoms with E-state index >= 15 is 0 Å². The summed E-state index contributed by atoms with van der Waals surface area (Å²) in [5.41, 5.74) is 8.67. The molecule has 8 heteroatoms. The minimum absolute atomic E-state index is 0.176. The van der Waals surface area contributed by atoms with E-state index in [2.05, 4.69) is 51.6 Å². The van der Waals surface area contributed by atoms with Crippen molar-refractivity contribution in [3.05, 3.63) is 132 Å². The predicted molar refractivity (Wildman–Crippen MR) is 165 cm³/mol. The summed E-state index contributed by atoms with van der Waals surface area (Å²) in [4.78, 5) is 24.9. The topological polar surface area (TPSA) is 93.9 Å². The van der Waals surface area contributed by atoms with Crippen LogP contribution in [-0.4, -0.2) is 36.3 Å². The van der Waals surface area contributed by atoms with Gasteiger partial charge in [0.2, 0.25) is 0 Å². The quantitative estimate of drug-likeness (QED) is 0.157. The molecule has 4 aromatic carbocycles. The van der Waals surface area contributed by atoms with Gasteiger partial charge in [0.15, 0.2) is 18.1 Å². The minimum Gasteiger partial charge on any atom is -0.493 e. The number of methoxy groups -OCH3 is 1. The van der Waals surface area contributed by atoms with Crippen LogP contribution in [0.3, 0.4) is 0 Å². The molecule has 0 unspecified atom stereocenters. The maximum atomic E-state index is 12.7. The van der Waals surface area contributed by atoms with Gasteiger partial charge in [0, 0.05) is 22.6 Å². The Balaban J connectivity index is 1.19. The molecule has 42 heavy (non-hydrogen) atoms. The second kappa shape index (κ2) is 13.1. The first-order chi connectivity index (χ1) is 20.5. The van der Waals surface area contributed by atoms with Crippen molar-refractivity contribution in [2.24, 2.45) is 5.10 Å². The van der Waals surface area contributed by atoms with Gasteiger partial charge >= 0.3 is 0 Å². The Morgan fingerprint density at radius 1 is 0.833 bits per heavy atom. The number of anilines is 1. The van der Waals surface area contributed by atoms with Crippen molar-refractivity contribution < 1.29 is 19.1 Å². The summed E-state index contributed by atoms with van der Waals surface area (Å²) >= 11 is 0. The third-order valence-corrected chi connectivity index (χ3v) is 6.52. The van der Waals surface area contributed by atoms with Crippen LogP contribution in [0.4, 0.5) is 5.69 Å². The molecule has 0 bridgehead atoms. The molecule has 0 radical (unpaired) electrons. The number of aromatic nitrogens is 1. The fourth-order valence-corrected chi connectivity index (χ4v) is 4.45. The van der Waals surface area contributed by atoms with Crippen LogP contribution in [0.5, 0.6) is 11.5 Å². The van der Waals surface area contributed by atoms with Crippen LogP contribution in [0, 0.1) is 6.92 Å². The SMILES string of the molecule is COc1cc(/C=N/NC(=O)c2ccc(-n3c(C)ccc3-c3ccccc3)cc2)ccc1OCC(=O)Nc1ccccc1. The normalized spacial score (nSPS) is 10.8. The molecule has 210 valence electrons. The van der Waals surface area contributed by atoms with E-state index in [0.717, 1.165) is 22.6 Å². The summed E-state index contributed by atoms with van der Waals surface area (Å²) in [5, 5.41) is 6.86. The van der Waals surface area contributed by atoms with Crippen LogP contribution >= 0.6 is 0 Å². The highest BCUT2D eigenvalue weighted by atomic mass is 16.5. The minimum atomic E-state index is -0.332. The van der Waals surface area contributed by atoms with Gasteiger partial charge in [-0.2, -0.15) is 5.10 Å². The third kappa shape index (κ3) is 6.74. The van der Waals surface area contributed by atoms with E-state index in [4.69, 9.17) is 9.47 Å². The number of carbonyl (C=O) groups excluding carboxylic acids is 2. The zero-order valence-electron chi connectivity index (χ0n) is 23.3. The van der Waals surface area contributed by atoms with Crippen molar-refractivity contribution in [3.63, 3.8) is 0 Å². The number of hydrogen-bond donors (Lipinski definition) is 2. The first-order valence-electron chi connectivity index (χ1n) is 13.3. The van der Waals surface area contributed by atoms with Crippen LogP contribution in [0.25, 0.3) is 16.9 Å². The highest BCUT2D eigenvalue weighted by Gasteiger charge is 2.12. The van der Waals surface area contributed by atoms with Crippen LogP contribution in [0.15, 0.2) is 120 Å². The molecule has 2 N–H and O–H groups in total. The number of nitrogens with one attached hydrogen (secondary N) is 2. The van der Waals surface area contributed by atoms with Crippen molar-refractivity contribution in [1.29, 1.82) is 0 Å². The Kier molecular flexibility index (Phi) is 8.74. The lowest BCUT2D eigenvalue weighted by atomic mass is 10.1. The average Bonchev–Trinajstić information content (AvgIpc) is 3.42. The van der Waals surface area contributed by atoms with Gasteiger partial charge in [0.25, 0.3) is 11.8 Å². The summed E-state index contributed by atoms with van der Waals surface area (Å²) in [6.07, 6.45) is 1.51. The van der Waals surface area contributed by atoms with Gasteiger partial charge < -0.3 is 19.4 Å². The zero-order valence-corrected chi connectivity index (χ0v) is 23.3. The fourth-order valence-electron chi connectivity index (χ4n) is 4.45. The first-order valence-corrected chi connectivity index (χ1v) is 13.3. The molecule has 5 rings (SSSR count). The lowest BCUT2D eigenvalue weighted by Crippen LogP contribution is -2.20. The summed E-state index contributed by atoms with van der Waals surface area (Å²) in [5.74, 6) is 0.227. The molecule has 0 fully saturated rings. The van der Waals surface area contributed by atoms with Gasteiger partial charge in [0.05, 0.1) is 19.0 Å². The van der Waals surface area contributed by atoms with Crippen molar-refractivity contribution in [2.45, 2.75) is 6.92 Å². The molecule has 0 aliphatic carbocycles. The fraction of sp³-hybridized carbons (Fsp3) is 0.0882. The maximum absolute atomic E-state index is 12.7. The van der Waals surface area contributed by atoms with Crippen molar-refractivity contribution in [1.82, 2.24) is 9.99 Å². The Hall–Kier alpha value is -5.63. The van der Waals surface area contributed by atoms with E-state index in [9.17, 15) is 9.59 Å². The van der Waals surface area contributed by atoms with Gasteiger partial charge in [-0.25, -0.2) is 5.43 Å². The van der Waals surface area contributed by atoms with Gasteiger partial charge in [-0.1, -0.05) is 48.5 Å². The van der Waals surface area contributed by atoms with Gasteiger partial charge in [-0.15, -0.1) is 0 Å². The summed E-state index contributed by atoms with van der Waals surface area (Å²) in [7, 11) is 1.51. The molecule has 1 aromatic heterocycles. The molecule has 1 heterocycles. The molecule has 0 saturated heterocycles. The molecule has 0 aliphatic heterocycles. The lowest BCUT2D eigenvalue weighted by Gasteiger charge is -2.13. The lowest BCUT2D eigenvalue weighted by molar-refractivity contribution is -0.118. The molecule has 8 nitrogen and oxygen atoms in total. The Morgan fingerprint density at radius 2 is 1.55 bits per heavy atom. The number of hydrogen-bond acceptors (Lipinski definition) is 5. The number of rotatable bonds is 10. The molecule has 2 amide bonds. The second-order valence-corrected chi connectivity index (χ2v) is 9.42. The smallest absolute Gasteiger partial charge is 0.271 e. The van der Waals surface area contributed by atoms with Gasteiger partial charge in [-0.3, -0.25) is 9.59 Å². The van der Waals surface area contributed by atoms with E-state index in [-0.39, 0.29) is 18.4 Å². The average molecular weight is 559 g/mol. The Bertz CT molecular complexity index is 1700. The third-order valence-electron chi connectivity index (χ3n) is 6.52. The maximum Gasteiger partial charge on any atom is 0.271 e. The van der Waals surface area contributed by atoms with Crippen LogP contribution in [-0.2, 0) is 4.79 Å². The zero-order chi connectivity index (χ0) is 29.3. The highest BCUT2D eigenvalue weighted by Crippen LogP contribution is 2.28. The number of nitrogens with zero attached hydrogens (tertiary/aromatic N) is 2. The van der Waals surface area contributed by atoms with E-state index in [1.54, 1.807) is 42.5 Å². The number of aryl methyl sites for hydroxylation is 1. The standard InChI is InChI=1S/C34H30N4O4/c1-24-13-19-30(26-9-5-3-6-10-26)38(24)29-17-15-27(16-18-29)34(40)37-35-22-25-14-20-31(32(21-25)41-2)42-23-33(39)36-28-11-7-4-8-12-28/h3-22H,23H2,1-2H3,(H,36,39)(H,37,40)/b35-22+. The van der Waals surface area contributed by atoms with E-state index in [0.29, 0.717) is 28.3 Å². The van der Waals surface area contributed by atoms with Crippen LogP contribution in [0.2, 0.25) is 0 Å². The molecule has 5 aromatic rings. The van der Waals surface area contributed by atoms with Crippen LogP contribution < -0.4 is 20.2 Å². The highest BCUT2D eigenvalue weighted by molar-refractivity contribution is 5.95. The van der Waals surface area contributed by atoms with Gasteiger partial charge in [0.1, 0.15) is 0 Å². The molecule has 0 atom stereocenters. The number of carbonyl (C=O) groups is 2. The van der Waals surface area contributed by atoms with Crippen molar-refractivity contribution >= 4 is 23.7 Å². The molecular weight excluding hydrogens is 528 g/mol. The molecular formula is C34H30N4O4. The van der Waals surface area contributed by atoms with E-state index < -0.39 is 0 Å². The number of benzene rings is 4. The second-order valence-electron chi connectivity index (χ2n) is 9.42. The summed E-state index contributed by atoms with van der Waals surface area (Å²) in [6.45, 7) is 1.88. The number of amides is 2. The van der Waals surface area contributed by atoms with Crippen LogP contribution in [0.1, 0.15) is 21.6 Å². The van der Waals surface area contributed by atoms with E-state index in [1.165, 1.54) is 13.3 Å². The summed E-state index contributed by atoms with van der Waals surface area (Å²) < 4.78 is 13.2. The van der Waals surface area contributed by atoms with E-state index in [1.807, 2.05) is 48.5 Å². The van der Waals surface area contributed by atoms with Crippen molar-refractivity contribution in [2.75, 3.05) is 19.0 Å². The summed E-state index contributed by atoms with van der Waals surface area (Å²) in [6, 6.07) is 36.0. The Morgan fingerprint density at radius 3 is 2.26 bits per heavy atom. The first kappa shape index (κ1) is 27.9. The monoisotopic (exact) mass is 558 g/mol. The van der Waals surface area contributed by atoms with Crippen molar-refractivity contribution in [3.8, 4) is 28.4 Å². The number of ether oxygens (including phenoxy) is 2. The number of para-hydroxylation sites is 1. The molecule has 0 aliphatic rings. The van der Waals surface area contributed by atoms with Gasteiger partial charge in [-0.05, 0) is 84.8 Å². The predicted octanol–water partition coefficient (Wildman–Crippen LogP) is 6.24.